The number of unbranched alkanes of at least 4 members (excludes halogenated alkanes) is 36. The molecular formula is C76H148O17P2. The molecule has 0 rings (SSSR count). The maximum Gasteiger partial charge on any atom is 0.472 e. The zero-order valence-corrected chi connectivity index (χ0v) is 64.1. The normalized spacial score (nSPS) is 15.0. The van der Waals surface area contributed by atoms with Crippen molar-refractivity contribution in [3.63, 3.8) is 0 Å². The Morgan fingerprint density at radius 1 is 0.295 bits per heavy atom. The average molecular weight is 1400 g/mol. The average Bonchev–Trinajstić information content (AvgIpc) is 1.86. The first-order valence-corrected chi connectivity index (χ1v) is 42.3. The zero-order valence-electron chi connectivity index (χ0n) is 62.3. The Balaban J connectivity index is 5.25. The van der Waals surface area contributed by atoms with E-state index in [1.807, 2.05) is 0 Å². The predicted molar refractivity (Wildman–Crippen MR) is 386 cm³/mol. The van der Waals surface area contributed by atoms with Gasteiger partial charge in [0.1, 0.15) is 19.3 Å². The fourth-order valence-corrected chi connectivity index (χ4v) is 13.0. The van der Waals surface area contributed by atoms with Gasteiger partial charge in [0, 0.05) is 25.7 Å². The fraction of sp³-hybridized carbons (Fsp3) is 0.947. The number of esters is 4. The predicted octanol–water partition coefficient (Wildman–Crippen LogP) is 22.0. The van der Waals surface area contributed by atoms with Crippen LogP contribution in [0.5, 0.6) is 0 Å². The van der Waals surface area contributed by atoms with E-state index in [2.05, 4.69) is 55.4 Å². The maximum atomic E-state index is 13.1. The molecule has 3 N–H and O–H groups in total. The molecule has 0 aliphatic heterocycles. The van der Waals surface area contributed by atoms with E-state index in [0.717, 1.165) is 120 Å². The van der Waals surface area contributed by atoms with E-state index < -0.39 is 97.5 Å². The van der Waals surface area contributed by atoms with Crippen LogP contribution < -0.4 is 0 Å². The van der Waals surface area contributed by atoms with E-state index in [1.54, 1.807) is 0 Å². The Kier molecular flexibility index (Phi) is 64.0. The summed E-state index contributed by atoms with van der Waals surface area (Å²) in [5, 5.41) is 10.6. The molecule has 0 spiro atoms. The van der Waals surface area contributed by atoms with E-state index in [4.69, 9.17) is 37.0 Å². The van der Waals surface area contributed by atoms with Gasteiger partial charge in [0.2, 0.25) is 0 Å². The third kappa shape index (κ3) is 66.4. The summed E-state index contributed by atoms with van der Waals surface area (Å²) in [7, 11) is -9.91. The zero-order chi connectivity index (χ0) is 70.3. The van der Waals surface area contributed by atoms with E-state index in [-0.39, 0.29) is 25.7 Å². The van der Waals surface area contributed by atoms with Crippen LogP contribution >= 0.6 is 15.6 Å². The monoisotopic (exact) mass is 1400 g/mol. The standard InChI is InChI=1S/C76H148O17P2/c1-9-67(6)53-45-37-29-23-16-14-12-13-15-17-26-32-42-50-58-75(80)93-72(63-87-74(79)57-49-41-35-34-39-47-55-69(8)11-3)65-91-95(84,85)89-61-70(77)60-88-94(82,83)90-64-71(92-76(81)59-51-43-33-27-20-18-22-28-36-44-52-66(4)5)62-86-73(78)56-48-40-31-25-21-19-24-30-38-46-54-68(7)10-2/h66-72,77H,9-65H2,1-8H3,(H,82,83)(H,84,85)/t67?,68?,69?,70-,71-,72-/m1/s1. The molecule has 0 fully saturated rings. The molecule has 0 bridgehead atoms. The van der Waals surface area contributed by atoms with Gasteiger partial charge in [0.15, 0.2) is 12.2 Å². The molecular weight excluding hydrogens is 1250 g/mol. The number of phosphoric acid groups is 2. The molecule has 17 nitrogen and oxygen atoms in total. The third-order valence-corrected chi connectivity index (χ3v) is 20.6. The number of hydrogen-bond donors (Lipinski definition) is 3. The van der Waals surface area contributed by atoms with E-state index in [0.29, 0.717) is 25.7 Å². The number of carbonyl (C=O) groups excluding carboxylic acids is 4. The van der Waals surface area contributed by atoms with Gasteiger partial charge in [-0.15, -0.1) is 0 Å². The minimum Gasteiger partial charge on any atom is -0.462 e. The van der Waals surface area contributed by atoms with Crippen LogP contribution in [0, 0.1) is 23.7 Å². The molecule has 0 aromatic carbocycles. The topological polar surface area (TPSA) is 237 Å². The molecule has 0 aliphatic carbocycles. The van der Waals surface area contributed by atoms with E-state index in [9.17, 15) is 43.2 Å². The summed E-state index contributed by atoms with van der Waals surface area (Å²) in [6.07, 6.45) is 49.8. The summed E-state index contributed by atoms with van der Waals surface area (Å²) in [6.45, 7) is 14.2. The smallest absolute Gasteiger partial charge is 0.462 e. The number of aliphatic hydroxyl groups is 1. The van der Waals surface area contributed by atoms with Gasteiger partial charge in [-0.25, -0.2) is 9.13 Å². The maximum absolute atomic E-state index is 13.1. The lowest BCUT2D eigenvalue weighted by Gasteiger charge is -2.21. The largest absolute Gasteiger partial charge is 0.472 e. The first-order chi connectivity index (χ1) is 45.7. The quantitative estimate of drug-likeness (QED) is 0.0222. The highest BCUT2D eigenvalue weighted by Gasteiger charge is 2.30. The van der Waals surface area contributed by atoms with E-state index >= 15 is 0 Å². The van der Waals surface area contributed by atoms with Gasteiger partial charge in [-0.2, -0.15) is 0 Å². The van der Waals surface area contributed by atoms with Crippen molar-refractivity contribution in [2.24, 2.45) is 23.7 Å². The summed E-state index contributed by atoms with van der Waals surface area (Å²) in [6, 6.07) is 0. The first-order valence-electron chi connectivity index (χ1n) is 39.3. The second-order valence-electron chi connectivity index (χ2n) is 28.6. The molecule has 0 aromatic heterocycles. The molecule has 0 aliphatic rings. The van der Waals surface area contributed by atoms with Crippen molar-refractivity contribution >= 4 is 39.5 Å². The molecule has 95 heavy (non-hydrogen) atoms. The SMILES string of the molecule is CCC(C)CCCCCCCCCCCCCCCCC(=O)O[C@H](COC(=O)CCCCCCCCC(C)CC)COP(=O)(O)OC[C@H](O)COP(=O)(O)OC[C@@H](COC(=O)CCCCCCCCCCCCC(C)CC)OC(=O)CCCCCCCCCCCCC(C)C. The van der Waals surface area contributed by atoms with Crippen LogP contribution in [-0.2, 0) is 65.4 Å². The van der Waals surface area contributed by atoms with Crippen molar-refractivity contribution in [3.8, 4) is 0 Å². The van der Waals surface area contributed by atoms with Crippen LogP contribution in [0.3, 0.4) is 0 Å². The molecule has 19 heteroatoms. The molecule has 0 saturated heterocycles. The van der Waals surface area contributed by atoms with Crippen molar-refractivity contribution < 1.29 is 80.2 Å². The van der Waals surface area contributed by atoms with Gasteiger partial charge >= 0.3 is 39.5 Å². The van der Waals surface area contributed by atoms with Gasteiger partial charge < -0.3 is 33.8 Å². The molecule has 564 valence electrons. The third-order valence-electron chi connectivity index (χ3n) is 18.7. The lowest BCUT2D eigenvalue weighted by Crippen LogP contribution is -2.30. The summed E-state index contributed by atoms with van der Waals surface area (Å²) >= 11 is 0. The van der Waals surface area contributed by atoms with Crippen LogP contribution in [0.4, 0.5) is 0 Å². The number of hydrogen-bond acceptors (Lipinski definition) is 15. The number of rotatable bonds is 73. The molecule has 0 aromatic rings. The highest BCUT2D eigenvalue weighted by molar-refractivity contribution is 7.47. The lowest BCUT2D eigenvalue weighted by atomic mass is 9.99. The van der Waals surface area contributed by atoms with Gasteiger partial charge in [-0.1, -0.05) is 331 Å². The van der Waals surface area contributed by atoms with Crippen LogP contribution in [0.2, 0.25) is 0 Å². The van der Waals surface area contributed by atoms with Crippen molar-refractivity contribution in [2.75, 3.05) is 39.6 Å². The van der Waals surface area contributed by atoms with Crippen molar-refractivity contribution in [1.82, 2.24) is 0 Å². The number of phosphoric ester groups is 2. The summed E-state index contributed by atoms with van der Waals surface area (Å²) < 4.78 is 68.5. The van der Waals surface area contributed by atoms with Crippen LogP contribution in [0.25, 0.3) is 0 Å². The molecule has 8 atom stereocenters. The number of carbonyl (C=O) groups is 4. The van der Waals surface area contributed by atoms with Crippen LogP contribution in [-0.4, -0.2) is 96.7 Å². The minimum absolute atomic E-state index is 0.105. The van der Waals surface area contributed by atoms with Crippen LogP contribution in [0.1, 0.15) is 383 Å². The summed E-state index contributed by atoms with van der Waals surface area (Å²) in [5.41, 5.74) is 0. The van der Waals surface area contributed by atoms with Crippen LogP contribution in [0.15, 0.2) is 0 Å². The Labute approximate surface area is 581 Å². The van der Waals surface area contributed by atoms with Crippen molar-refractivity contribution in [2.45, 2.75) is 401 Å². The second-order valence-corrected chi connectivity index (χ2v) is 31.5. The van der Waals surface area contributed by atoms with Gasteiger partial charge in [0.25, 0.3) is 0 Å². The first kappa shape index (κ1) is 93.1. The number of aliphatic hydroxyl groups excluding tert-OH is 1. The summed E-state index contributed by atoms with van der Waals surface area (Å²) in [4.78, 5) is 72.8. The number of ether oxygens (including phenoxy) is 4. The molecule has 0 heterocycles. The van der Waals surface area contributed by atoms with Crippen molar-refractivity contribution in [1.29, 1.82) is 0 Å². The Bertz CT molecular complexity index is 1870. The van der Waals surface area contributed by atoms with Gasteiger partial charge in [-0.3, -0.25) is 37.3 Å². The lowest BCUT2D eigenvalue weighted by molar-refractivity contribution is -0.161. The molecule has 0 saturated carbocycles. The minimum atomic E-state index is -4.96. The second kappa shape index (κ2) is 65.4. The van der Waals surface area contributed by atoms with E-state index in [1.165, 1.54) is 180 Å². The van der Waals surface area contributed by atoms with Gasteiger partial charge in [0.05, 0.1) is 26.4 Å². The Morgan fingerprint density at radius 3 is 0.747 bits per heavy atom. The molecule has 0 amide bonds. The summed E-state index contributed by atoms with van der Waals surface area (Å²) in [5.74, 6) is 1.02. The fourth-order valence-electron chi connectivity index (χ4n) is 11.5. The molecule has 0 radical (unpaired) electrons. The molecule has 5 unspecified atom stereocenters. The highest BCUT2D eigenvalue weighted by Crippen LogP contribution is 2.45. The van der Waals surface area contributed by atoms with Crippen molar-refractivity contribution in [3.05, 3.63) is 0 Å². The Hall–Kier alpha value is -1.94. The highest BCUT2D eigenvalue weighted by atomic mass is 31.2. The Morgan fingerprint density at radius 2 is 0.505 bits per heavy atom. The van der Waals surface area contributed by atoms with Gasteiger partial charge in [-0.05, 0) is 49.4 Å².